The van der Waals surface area contributed by atoms with E-state index in [1.807, 2.05) is 0 Å². The van der Waals surface area contributed by atoms with Gasteiger partial charge in [-0.2, -0.15) is 0 Å². The van der Waals surface area contributed by atoms with Gasteiger partial charge in [0.25, 0.3) is 0 Å². The number of nitrogens with zero attached hydrogens (tertiary/aromatic N) is 2. The molecule has 3 heteroatoms. The molecule has 0 atom stereocenters. The van der Waals surface area contributed by atoms with Crippen molar-refractivity contribution in [3.8, 4) is 0 Å². The molecule has 0 bridgehead atoms. The maximum atomic E-state index is 9.84. The van der Waals surface area contributed by atoms with Crippen LogP contribution in [0.15, 0.2) is 0 Å². The van der Waals surface area contributed by atoms with Gasteiger partial charge in [-0.05, 0) is 6.42 Å². The molecule has 0 aromatic rings. The van der Waals surface area contributed by atoms with Crippen LogP contribution in [0.3, 0.4) is 0 Å². The van der Waals surface area contributed by atoms with Gasteiger partial charge in [-0.1, -0.05) is 0 Å². The van der Waals surface area contributed by atoms with Crippen molar-refractivity contribution < 1.29 is 4.79 Å². The normalized spacial score (nSPS) is 20.3. The lowest BCUT2D eigenvalue weighted by Crippen LogP contribution is -2.22. The molecule has 0 saturated carbocycles. The van der Waals surface area contributed by atoms with Gasteiger partial charge in [0, 0.05) is 13.1 Å². The number of carbonyl (C=O) groups excluding carboxylic acids is 1. The molecular formula is C4H7N2O. The number of amides is 1. The SMILES string of the molecule is O=CN1CCC[N]1. The van der Waals surface area contributed by atoms with Gasteiger partial charge in [0.2, 0.25) is 6.41 Å². The Bertz CT molecular complexity index is 68.1. The molecule has 3 nitrogen and oxygen atoms in total. The smallest absolute Gasteiger partial charge is 0.225 e. The van der Waals surface area contributed by atoms with Crippen molar-refractivity contribution in [2.24, 2.45) is 0 Å². The van der Waals surface area contributed by atoms with Crippen molar-refractivity contribution in [3.63, 3.8) is 0 Å². The molecule has 1 aliphatic heterocycles. The number of hydrogen-bond donors (Lipinski definition) is 0. The maximum Gasteiger partial charge on any atom is 0.225 e. The fourth-order valence-electron chi connectivity index (χ4n) is 0.589. The Morgan fingerprint density at radius 1 is 1.71 bits per heavy atom. The summed E-state index contributed by atoms with van der Waals surface area (Å²) in [4.78, 5) is 9.84. The van der Waals surface area contributed by atoms with Crippen LogP contribution in [0.2, 0.25) is 0 Å². The van der Waals surface area contributed by atoms with Crippen molar-refractivity contribution in [3.05, 3.63) is 0 Å². The molecular weight excluding hydrogens is 92.1 g/mol. The van der Waals surface area contributed by atoms with Crippen LogP contribution in [-0.4, -0.2) is 24.5 Å². The van der Waals surface area contributed by atoms with Gasteiger partial charge in [-0.25, -0.2) is 0 Å². The van der Waals surface area contributed by atoms with Gasteiger partial charge < -0.3 is 0 Å². The first kappa shape index (κ1) is 4.59. The molecule has 0 unspecified atom stereocenters. The topological polar surface area (TPSA) is 34.4 Å². The zero-order valence-corrected chi connectivity index (χ0v) is 4.00. The first-order valence-electron chi connectivity index (χ1n) is 2.33. The molecule has 1 fully saturated rings. The van der Waals surface area contributed by atoms with Crippen molar-refractivity contribution in [1.29, 1.82) is 0 Å². The molecule has 0 aromatic carbocycles. The largest absolute Gasteiger partial charge is 0.277 e. The third kappa shape index (κ3) is 0.899. The molecule has 0 aliphatic carbocycles. The van der Waals surface area contributed by atoms with E-state index in [1.165, 1.54) is 5.01 Å². The molecule has 39 valence electrons. The first-order chi connectivity index (χ1) is 3.43. The van der Waals surface area contributed by atoms with Crippen LogP contribution in [0.1, 0.15) is 6.42 Å². The minimum atomic E-state index is 0.757. The van der Waals surface area contributed by atoms with E-state index >= 15 is 0 Å². The fourth-order valence-corrected chi connectivity index (χ4v) is 0.589. The monoisotopic (exact) mass is 99.1 g/mol. The van der Waals surface area contributed by atoms with E-state index in [0.717, 1.165) is 25.9 Å². The highest BCUT2D eigenvalue weighted by Gasteiger charge is 2.07. The second-order valence-corrected chi connectivity index (χ2v) is 1.49. The first-order valence-corrected chi connectivity index (χ1v) is 2.33. The summed E-state index contributed by atoms with van der Waals surface area (Å²) >= 11 is 0. The van der Waals surface area contributed by atoms with Crippen molar-refractivity contribution in [2.45, 2.75) is 6.42 Å². The second kappa shape index (κ2) is 1.93. The highest BCUT2D eigenvalue weighted by Crippen LogP contribution is 1.92. The summed E-state index contributed by atoms with van der Waals surface area (Å²) in [6, 6.07) is 0. The average molecular weight is 99.1 g/mol. The van der Waals surface area contributed by atoms with Gasteiger partial charge >= 0.3 is 0 Å². The summed E-state index contributed by atoms with van der Waals surface area (Å²) in [5.74, 6) is 0. The summed E-state index contributed by atoms with van der Waals surface area (Å²) in [5.41, 5.74) is 3.82. The lowest BCUT2D eigenvalue weighted by atomic mass is 10.5. The molecule has 1 radical (unpaired) electrons. The summed E-state index contributed by atoms with van der Waals surface area (Å²) < 4.78 is 0. The average Bonchev–Trinajstić information content (AvgIpc) is 2.14. The van der Waals surface area contributed by atoms with Crippen LogP contribution in [-0.2, 0) is 4.79 Å². The predicted octanol–water partition coefficient (Wildman–Crippen LogP) is -0.632. The minimum Gasteiger partial charge on any atom is -0.277 e. The van der Waals surface area contributed by atoms with Crippen LogP contribution in [0.5, 0.6) is 0 Å². The molecule has 1 amide bonds. The standard InChI is InChI=1S/C4H7N2O/c7-4-6-3-1-2-5-6/h4H,1-3H2. The Morgan fingerprint density at radius 2 is 2.57 bits per heavy atom. The van der Waals surface area contributed by atoms with Crippen molar-refractivity contribution in [2.75, 3.05) is 13.1 Å². The number of hydrogen-bond acceptors (Lipinski definition) is 1. The van der Waals surface area contributed by atoms with Crippen LogP contribution < -0.4 is 5.43 Å². The van der Waals surface area contributed by atoms with Gasteiger partial charge in [-0.3, -0.25) is 9.80 Å². The summed E-state index contributed by atoms with van der Waals surface area (Å²) in [7, 11) is 0. The van der Waals surface area contributed by atoms with E-state index in [4.69, 9.17) is 0 Å². The van der Waals surface area contributed by atoms with Crippen LogP contribution in [0, 0.1) is 0 Å². The third-order valence-corrected chi connectivity index (χ3v) is 0.949. The third-order valence-electron chi connectivity index (χ3n) is 0.949. The van der Waals surface area contributed by atoms with Crippen molar-refractivity contribution >= 4 is 6.41 Å². The molecule has 0 spiro atoms. The van der Waals surface area contributed by atoms with E-state index in [2.05, 4.69) is 5.43 Å². The number of rotatable bonds is 1. The highest BCUT2D eigenvalue weighted by molar-refractivity contribution is 5.46. The minimum absolute atomic E-state index is 0.757. The van der Waals surface area contributed by atoms with Crippen LogP contribution in [0.4, 0.5) is 0 Å². The summed E-state index contributed by atoms with van der Waals surface area (Å²) in [6.07, 6.45) is 1.78. The Labute approximate surface area is 42.3 Å². The molecule has 7 heavy (non-hydrogen) atoms. The summed E-state index contributed by atoms with van der Waals surface area (Å²) in [5, 5.41) is 1.43. The number of carbonyl (C=O) groups is 1. The zero-order chi connectivity index (χ0) is 5.11. The van der Waals surface area contributed by atoms with Crippen LogP contribution >= 0.6 is 0 Å². The van der Waals surface area contributed by atoms with Crippen LogP contribution in [0.25, 0.3) is 0 Å². The van der Waals surface area contributed by atoms with E-state index in [9.17, 15) is 4.79 Å². The van der Waals surface area contributed by atoms with E-state index in [-0.39, 0.29) is 0 Å². The van der Waals surface area contributed by atoms with Gasteiger partial charge in [-0.15, -0.1) is 5.43 Å². The molecule has 0 aromatic heterocycles. The zero-order valence-electron chi connectivity index (χ0n) is 4.00. The highest BCUT2D eigenvalue weighted by atomic mass is 16.1. The van der Waals surface area contributed by atoms with E-state index in [1.54, 1.807) is 0 Å². The lowest BCUT2D eigenvalue weighted by Gasteiger charge is -2.01. The molecule has 1 heterocycles. The Balaban J connectivity index is 2.26. The maximum absolute atomic E-state index is 9.84. The molecule has 0 N–H and O–H groups in total. The second-order valence-electron chi connectivity index (χ2n) is 1.49. The van der Waals surface area contributed by atoms with Gasteiger partial charge in [0.05, 0.1) is 0 Å². The Hall–Kier alpha value is -0.570. The molecule has 1 aliphatic rings. The quantitative estimate of drug-likeness (QED) is 0.403. The van der Waals surface area contributed by atoms with Gasteiger partial charge in [0.1, 0.15) is 0 Å². The van der Waals surface area contributed by atoms with Crippen molar-refractivity contribution in [1.82, 2.24) is 10.4 Å². The van der Waals surface area contributed by atoms with E-state index < -0.39 is 0 Å². The lowest BCUT2D eigenvalue weighted by molar-refractivity contribution is -0.119. The predicted molar refractivity (Wildman–Crippen MR) is 24.4 cm³/mol. The fraction of sp³-hybridized carbons (Fsp3) is 0.750. The van der Waals surface area contributed by atoms with Gasteiger partial charge in [0.15, 0.2) is 0 Å². The molecule has 1 saturated heterocycles. The summed E-state index contributed by atoms with van der Waals surface area (Å²) in [6.45, 7) is 1.63. The Morgan fingerprint density at radius 3 is 2.86 bits per heavy atom. The van der Waals surface area contributed by atoms with E-state index in [0.29, 0.717) is 0 Å². The Kier molecular flexibility index (Phi) is 1.26. The molecule has 1 rings (SSSR count).